The molecule has 2 aromatic rings. The third-order valence-electron chi connectivity index (χ3n) is 2.02. The van der Waals surface area contributed by atoms with Crippen LogP contribution >= 0.6 is 0 Å². The first kappa shape index (κ1) is 10.2. The summed E-state index contributed by atoms with van der Waals surface area (Å²) in [4.78, 5) is 10.1. The van der Waals surface area contributed by atoms with E-state index < -0.39 is 4.92 Å². The molecule has 1 heterocycles. The Morgan fingerprint density at radius 1 is 1.56 bits per heavy atom. The average Bonchev–Trinajstić information content (AvgIpc) is 2.77. The number of aromatic amines is 1. The number of hydrogen-bond acceptors (Lipinski definition) is 5. The van der Waals surface area contributed by atoms with Gasteiger partial charge >= 0.3 is 5.82 Å². The van der Waals surface area contributed by atoms with E-state index in [1.807, 2.05) is 0 Å². The molecule has 1 aromatic carbocycles. The molecule has 0 saturated carbocycles. The summed E-state index contributed by atoms with van der Waals surface area (Å²) in [5.74, 6) is 0.339. The number of benzene rings is 1. The van der Waals surface area contributed by atoms with Crippen molar-refractivity contribution in [3.05, 3.63) is 34.4 Å². The lowest BCUT2D eigenvalue weighted by molar-refractivity contribution is -0.773. The molecule has 2 rings (SSSR count). The standard InChI is InChI=1S/C8H7N5O3/c14-5-12-8(9-10-11-12)6-2-1-3-7(4-6)13(15)16/h1-4,14H,5H2/p+1. The minimum Gasteiger partial charge on any atom is -0.362 e. The molecule has 16 heavy (non-hydrogen) atoms. The maximum atomic E-state index is 10.6. The second-order valence-corrected chi connectivity index (χ2v) is 3.00. The molecule has 0 aliphatic heterocycles. The SMILES string of the molecule is O=[N+]([O-])c1cccc(-c2nn[nH][n+]2CO)c1. The first-order chi connectivity index (χ1) is 7.72. The van der Waals surface area contributed by atoms with E-state index >= 15 is 0 Å². The van der Waals surface area contributed by atoms with Gasteiger partial charge in [-0.15, -0.1) is 4.68 Å². The first-order valence-corrected chi connectivity index (χ1v) is 4.39. The van der Waals surface area contributed by atoms with Crippen molar-refractivity contribution in [3.63, 3.8) is 0 Å². The summed E-state index contributed by atoms with van der Waals surface area (Å²) in [5, 5.41) is 29.2. The molecule has 82 valence electrons. The lowest BCUT2D eigenvalue weighted by Crippen LogP contribution is -2.37. The quantitative estimate of drug-likeness (QED) is 0.418. The van der Waals surface area contributed by atoms with E-state index in [-0.39, 0.29) is 12.4 Å². The third kappa shape index (κ3) is 1.73. The van der Waals surface area contributed by atoms with Crippen LogP contribution in [0.2, 0.25) is 0 Å². The number of nitrogens with zero attached hydrogens (tertiary/aromatic N) is 4. The molecule has 0 fully saturated rings. The predicted molar refractivity (Wildman–Crippen MR) is 50.9 cm³/mol. The predicted octanol–water partition coefficient (Wildman–Crippen LogP) is -0.383. The Morgan fingerprint density at radius 2 is 2.38 bits per heavy atom. The molecule has 0 radical (unpaired) electrons. The smallest absolute Gasteiger partial charge is 0.334 e. The molecule has 0 unspecified atom stereocenters. The minimum atomic E-state index is -0.493. The van der Waals surface area contributed by atoms with E-state index in [4.69, 9.17) is 5.11 Å². The average molecular weight is 222 g/mol. The summed E-state index contributed by atoms with van der Waals surface area (Å²) in [6.45, 7) is -0.328. The molecule has 0 bridgehead atoms. The van der Waals surface area contributed by atoms with E-state index in [0.29, 0.717) is 11.4 Å². The number of aliphatic hydroxyl groups excluding tert-OH is 1. The Hall–Kier alpha value is -2.35. The topological polar surface area (TPSA) is 109 Å². The summed E-state index contributed by atoms with van der Waals surface area (Å²) in [6, 6.07) is 5.94. The first-order valence-electron chi connectivity index (χ1n) is 4.39. The van der Waals surface area contributed by atoms with Crippen molar-refractivity contribution in [2.45, 2.75) is 6.73 Å². The van der Waals surface area contributed by atoms with Gasteiger partial charge in [0.25, 0.3) is 5.69 Å². The number of rotatable bonds is 3. The highest BCUT2D eigenvalue weighted by Gasteiger charge is 2.18. The molecule has 0 aliphatic carbocycles. The van der Waals surface area contributed by atoms with Gasteiger partial charge in [0.15, 0.2) is 11.9 Å². The fourth-order valence-corrected chi connectivity index (χ4v) is 1.30. The molecule has 0 atom stereocenters. The maximum absolute atomic E-state index is 10.6. The van der Waals surface area contributed by atoms with E-state index in [1.54, 1.807) is 12.1 Å². The Bertz CT molecular complexity index is 524. The number of H-pyrrole nitrogens is 1. The molecule has 2 N–H and O–H groups in total. The fraction of sp³-hybridized carbons (Fsp3) is 0.125. The van der Waals surface area contributed by atoms with E-state index in [2.05, 4.69) is 15.5 Å². The van der Waals surface area contributed by atoms with Crippen molar-refractivity contribution >= 4 is 5.69 Å². The Kier molecular flexibility index (Phi) is 2.56. The molecule has 1 aromatic heterocycles. The second kappa shape index (κ2) is 4.03. The summed E-state index contributed by atoms with van der Waals surface area (Å²) in [7, 11) is 0. The number of non-ortho nitro benzene ring substituents is 1. The summed E-state index contributed by atoms with van der Waals surface area (Å²) >= 11 is 0. The van der Waals surface area contributed by atoms with Crippen molar-refractivity contribution in [2.24, 2.45) is 0 Å². The van der Waals surface area contributed by atoms with Crippen LogP contribution in [-0.2, 0) is 6.73 Å². The lowest BCUT2D eigenvalue weighted by atomic mass is 10.2. The van der Waals surface area contributed by atoms with Crippen LogP contribution in [0.15, 0.2) is 24.3 Å². The number of hydrogen-bond donors (Lipinski definition) is 2. The number of nitro benzene ring substituents is 1. The van der Waals surface area contributed by atoms with Gasteiger partial charge in [-0.1, -0.05) is 11.3 Å². The van der Waals surface area contributed by atoms with Gasteiger partial charge in [-0.25, -0.2) is 0 Å². The van der Waals surface area contributed by atoms with Gasteiger partial charge in [0, 0.05) is 12.1 Å². The van der Waals surface area contributed by atoms with Crippen molar-refractivity contribution in [1.29, 1.82) is 0 Å². The van der Waals surface area contributed by atoms with Crippen molar-refractivity contribution in [2.75, 3.05) is 0 Å². The number of aromatic nitrogens is 4. The number of nitro groups is 1. The van der Waals surface area contributed by atoms with Crippen LogP contribution in [0.5, 0.6) is 0 Å². The molecule has 0 saturated heterocycles. The monoisotopic (exact) mass is 222 g/mol. The van der Waals surface area contributed by atoms with Crippen LogP contribution < -0.4 is 4.68 Å². The summed E-state index contributed by atoms with van der Waals surface area (Å²) in [6.07, 6.45) is 0. The Labute approximate surface area is 89.3 Å². The Balaban J connectivity index is 2.48. The molecule has 8 nitrogen and oxygen atoms in total. The lowest BCUT2D eigenvalue weighted by Gasteiger charge is -1.95. The van der Waals surface area contributed by atoms with E-state index in [9.17, 15) is 10.1 Å². The van der Waals surface area contributed by atoms with Gasteiger partial charge in [0.2, 0.25) is 0 Å². The zero-order valence-corrected chi connectivity index (χ0v) is 8.07. The summed E-state index contributed by atoms with van der Waals surface area (Å²) < 4.78 is 1.26. The maximum Gasteiger partial charge on any atom is 0.334 e. The zero-order chi connectivity index (χ0) is 11.5. The molecule has 0 aliphatic rings. The van der Waals surface area contributed by atoms with Crippen LogP contribution in [0.3, 0.4) is 0 Å². The molecular weight excluding hydrogens is 214 g/mol. The molecule has 8 heteroatoms. The largest absolute Gasteiger partial charge is 0.362 e. The van der Waals surface area contributed by atoms with Crippen LogP contribution in [0.1, 0.15) is 0 Å². The Morgan fingerprint density at radius 3 is 3.06 bits per heavy atom. The van der Waals surface area contributed by atoms with Gasteiger partial charge in [0.05, 0.1) is 10.5 Å². The number of tetrazole rings is 1. The van der Waals surface area contributed by atoms with Crippen molar-refractivity contribution in [1.82, 2.24) is 15.5 Å². The molecular formula is C8H8N5O3+. The van der Waals surface area contributed by atoms with Gasteiger partial charge < -0.3 is 5.11 Å². The normalized spacial score (nSPS) is 10.3. The van der Waals surface area contributed by atoms with E-state index in [0.717, 1.165) is 0 Å². The van der Waals surface area contributed by atoms with Gasteiger partial charge in [0.1, 0.15) is 5.10 Å². The highest BCUT2D eigenvalue weighted by Crippen LogP contribution is 2.18. The summed E-state index contributed by atoms with van der Waals surface area (Å²) in [5.41, 5.74) is 0.474. The minimum absolute atomic E-state index is 0.0370. The number of nitrogens with one attached hydrogen (secondary N) is 1. The van der Waals surface area contributed by atoms with Crippen molar-refractivity contribution in [3.8, 4) is 11.4 Å². The van der Waals surface area contributed by atoms with Gasteiger partial charge in [-0.3, -0.25) is 10.1 Å². The van der Waals surface area contributed by atoms with Crippen LogP contribution in [-0.4, -0.2) is 25.6 Å². The third-order valence-corrected chi connectivity index (χ3v) is 2.02. The van der Waals surface area contributed by atoms with Crippen LogP contribution in [0.25, 0.3) is 11.4 Å². The van der Waals surface area contributed by atoms with Gasteiger partial charge in [-0.05, 0) is 6.07 Å². The zero-order valence-electron chi connectivity index (χ0n) is 8.07. The van der Waals surface area contributed by atoms with Crippen molar-refractivity contribution < 1.29 is 14.7 Å². The number of aliphatic hydroxyl groups is 1. The van der Waals surface area contributed by atoms with Crippen LogP contribution in [0, 0.1) is 10.1 Å². The second-order valence-electron chi connectivity index (χ2n) is 3.00. The molecule has 0 spiro atoms. The highest BCUT2D eigenvalue weighted by atomic mass is 16.6. The van der Waals surface area contributed by atoms with E-state index in [1.165, 1.54) is 16.8 Å². The fourth-order valence-electron chi connectivity index (χ4n) is 1.30. The molecule has 0 amide bonds. The highest BCUT2D eigenvalue weighted by molar-refractivity contribution is 5.56. The van der Waals surface area contributed by atoms with Crippen LogP contribution in [0.4, 0.5) is 5.69 Å². The van der Waals surface area contributed by atoms with Gasteiger partial charge in [-0.2, -0.15) is 0 Å².